The number of anilines is 2. The summed E-state index contributed by atoms with van der Waals surface area (Å²) in [5.74, 6) is 0.517. The van der Waals surface area contributed by atoms with Gasteiger partial charge in [-0.25, -0.2) is 23.1 Å². The molecule has 0 bridgehead atoms. The summed E-state index contributed by atoms with van der Waals surface area (Å²) in [6, 6.07) is 7.09. The van der Waals surface area contributed by atoms with Crippen molar-refractivity contribution in [3.8, 4) is 0 Å². The molecule has 140 valence electrons. The molecule has 1 aliphatic rings. The number of carbonyl (C=O) groups is 1. The van der Waals surface area contributed by atoms with Crippen LogP contribution in [0.25, 0.3) is 5.65 Å². The van der Waals surface area contributed by atoms with E-state index in [-0.39, 0.29) is 21.6 Å². The molecule has 3 aromatic rings. The van der Waals surface area contributed by atoms with E-state index in [1.165, 1.54) is 34.8 Å². The average molecular weight is 407 g/mol. The van der Waals surface area contributed by atoms with Gasteiger partial charge in [0.1, 0.15) is 11.0 Å². The normalized spacial score (nSPS) is 14.4. The summed E-state index contributed by atoms with van der Waals surface area (Å²) < 4.78 is 25.1. The number of nitrogens with zero attached hydrogens (tertiary/aromatic N) is 4. The van der Waals surface area contributed by atoms with Crippen molar-refractivity contribution in [1.82, 2.24) is 14.6 Å². The quantitative estimate of drug-likeness (QED) is 0.665. The molecule has 1 aliphatic carbocycles. The number of benzene rings is 1. The first kappa shape index (κ1) is 17.7. The fourth-order valence-corrected chi connectivity index (χ4v) is 3.81. The molecule has 2 heterocycles. The lowest BCUT2D eigenvalue weighted by Gasteiger charge is -2.20. The van der Waals surface area contributed by atoms with Crippen LogP contribution in [0, 0.1) is 0 Å². The van der Waals surface area contributed by atoms with Gasteiger partial charge in [0.15, 0.2) is 15.5 Å². The Hall–Kier alpha value is -2.65. The van der Waals surface area contributed by atoms with Crippen LogP contribution >= 0.6 is 11.6 Å². The van der Waals surface area contributed by atoms with Crippen molar-refractivity contribution >= 4 is 44.7 Å². The topological polar surface area (TPSA) is 105 Å². The highest BCUT2D eigenvalue weighted by atomic mass is 35.5. The molecule has 1 saturated carbocycles. The maximum absolute atomic E-state index is 12.0. The molecule has 0 saturated heterocycles. The molecule has 1 aromatic carbocycles. The first-order valence-corrected chi connectivity index (χ1v) is 10.4. The Morgan fingerprint density at radius 3 is 2.70 bits per heavy atom. The molecular formula is C17H15ClN4O4S. The van der Waals surface area contributed by atoms with Crippen LogP contribution in [0.2, 0.25) is 5.15 Å². The molecule has 2 aromatic heterocycles. The van der Waals surface area contributed by atoms with Crippen molar-refractivity contribution < 1.29 is 18.3 Å². The summed E-state index contributed by atoms with van der Waals surface area (Å²) >= 11 is 6.15. The highest BCUT2D eigenvalue weighted by Gasteiger charge is 2.30. The van der Waals surface area contributed by atoms with Crippen LogP contribution in [0.5, 0.6) is 0 Å². The molecule has 4 rings (SSSR count). The molecule has 1 amide bonds. The van der Waals surface area contributed by atoms with E-state index in [0.29, 0.717) is 11.6 Å². The van der Waals surface area contributed by atoms with E-state index in [0.717, 1.165) is 29.6 Å². The predicted molar refractivity (Wildman–Crippen MR) is 99.7 cm³/mol. The van der Waals surface area contributed by atoms with Gasteiger partial charge in [0.05, 0.1) is 16.8 Å². The monoisotopic (exact) mass is 406 g/mol. The second-order valence-corrected chi connectivity index (χ2v) is 8.84. The highest BCUT2D eigenvalue weighted by Crippen LogP contribution is 2.42. The molecule has 8 nitrogen and oxygen atoms in total. The van der Waals surface area contributed by atoms with Gasteiger partial charge in [-0.3, -0.25) is 0 Å². The number of carboxylic acid groups (broad SMARTS) is 1. The van der Waals surface area contributed by atoms with Crippen LogP contribution in [0.3, 0.4) is 0 Å². The van der Waals surface area contributed by atoms with Gasteiger partial charge in [-0.2, -0.15) is 9.61 Å². The third-order valence-corrected chi connectivity index (χ3v) is 5.69. The number of halogens is 1. The zero-order chi connectivity index (χ0) is 19.3. The standard InChI is InChI=1S/C17H15ClN4O4S/c1-27(25,26)12-4-2-3-11(7-12)21(17(23)24)15-8-14(18)20-16-13(10-5-6-10)9-19-22(15)16/h2-4,7-10H,5-6H2,1H3,(H,23,24). The van der Waals surface area contributed by atoms with Crippen LogP contribution in [-0.2, 0) is 9.84 Å². The number of sulfone groups is 1. The number of fused-ring (bicyclic) bond motifs is 1. The summed E-state index contributed by atoms with van der Waals surface area (Å²) in [5, 5.41) is 14.2. The molecule has 0 atom stereocenters. The second-order valence-electron chi connectivity index (χ2n) is 6.43. The lowest BCUT2D eigenvalue weighted by molar-refractivity contribution is 0.204. The molecule has 10 heteroatoms. The SMILES string of the molecule is CS(=O)(=O)c1cccc(N(C(=O)O)c2cc(Cl)nc3c(C4CC4)cnn23)c1. The Bertz CT molecular complexity index is 1170. The van der Waals surface area contributed by atoms with Gasteiger partial charge in [0.25, 0.3) is 0 Å². The summed E-state index contributed by atoms with van der Waals surface area (Å²) in [6.45, 7) is 0. The lowest BCUT2D eigenvalue weighted by atomic mass is 10.2. The molecular weight excluding hydrogens is 392 g/mol. The van der Waals surface area contributed by atoms with Gasteiger partial charge < -0.3 is 5.11 Å². The van der Waals surface area contributed by atoms with Gasteiger partial charge in [0, 0.05) is 17.9 Å². The first-order chi connectivity index (χ1) is 12.8. The second kappa shape index (κ2) is 6.21. The predicted octanol–water partition coefficient (Wildman–Crippen LogP) is 3.48. The van der Waals surface area contributed by atoms with Crippen molar-refractivity contribution in [2.24, 2.45) is 0 Å². The Kier molecular flexibility index (Phi) is 4.08. The first-order valence-electron chi connectivity index (χ1n) is 8.13. The van der Waals surface area contributed by atoms with E-state index in [1.807, 2.05) is 0 Å². The third kappa shape index (κ3) is 3.24. The average Bonchev–Trinajstić information content (AvgIpc) is 3.34. The Morgan fingerprint density at radius 2 is 2.07 bits per heavy atom. The summed E-state index contributed by atoms with van der Waals surface area (Å²) in [6.07, 6.45) is 3.50. The third-order valence-electron chi connectivity index (χ3n) is 4.39. The largest absolute Gasteiger partial charge is 0.464 e. The highest BCUT2D eigenvalue weighted by molar-refractivity contribution is 7.90. The van der Waals surface area contributed by atoms with Crippen LogP contribution < -0.4 is 4.90 Å². The molecule has 27 heavy (non-hydrogen) atoms. The van der Waals surface area contributed by atoms with Crippen LogP contribution in [-0.4, -0.2) is 40.5 Å². The number of rotatable bonds is 4. The number of hydrogen-bond donors (Lipinski definition) is 1. The summed E-state index contributed by atoms with van der Waals surface area (Å²) in [4.78, 5) is 17.3. The Balaban J connectivity index is 1.93. The van der Waals surface area contributed by atoms with Gasteiger partial charge in [-0.15, -0.1) is 0 Å². The van der Waals surface area contributed by atoms with Crippen LogP contribution in [0.15, 0.2) is 41.4 Å². The van der Waals surface area contributed by atoms with Crippen molar-refractivity contribution in [2.75, 3.05) is 11.2 Å². The lowest BCUT2D eigenvalue weighted by Crippen LogP contribution is -2.26. The number of aromatic nitrogens is 3. The maximum Gasteiger partial charge on any atom is 0.417 e. The Morgan fingerprint density at radius 1 is 1.33 bits per heavy atom. The van der Waals surface area contributed by atoms with Crippen molar-refractivity contribution in [3.05, 3.63) is 47.2 Å². The van der Waals surface area contributed by atoms with Gasteiger partial charge in [-0.05, 0) is 37.0 Å². The van der Waals surface area contributed by atoms with E-state index in [9.17, 15) is 18.3 Å². The van der Waals surface area contributed by atoms with E-state index in [1.54, 1.807) is 6.20 Å². The van der Waals surface area contributed by atoms with E-state index in [4.69, 9.17) is 11.6 Å². The van der Waals surface area contributed by atoms with E-state index in [2.05, 4.69) is 10.1 Å². The molecule has 0 spiro atoms. The number of amides is 1. The molecule has 0 aliphatic heterocycles. The Labute approximate surface area is 159 Å². The van der Waals surface area contributed by atoms with Gasteiger partial charge >= 0.3 is 6.09 Å². The zero-order valence-corrected chi connectivity index (χ0v) is 15.8. The van der Waals surface area contributed by atoms with Gasteiger partial charge in [-0.1, -0.05) is 17.7 Å². The summed E-state index contributed by atoms with van der Waals surface area (Å²) in [7, 11) is -3.50. The minimum Gasteiger partial charge on any atom is -0.464 e. The van der Waals surface area contributed by atoms with E-state index >= 15 is 0 Å². The number of hydrogen-bond acceptors (Lipinski definition) is 5. The zero-order valence-electron chi connectivity index (χ0n) is 14.2. The van der Waals surface area contributed by atoms with Crippen molar-refractivity contribution in [1.29, 1.82) is 0 Å². The van der Waals surface area contributed by atoms with E-state index < -0.39 is 15.9 Å². The maximum atomic E-state index is 12.0. The fraction of sp³-hybridized carbons (Fsp3) is 0.235. The molecule has 1 N–H and O–H groups in total. The van der Waals surface area contributed by atoms with Crippen molar-refractivity contribution in [2.45, 2.75) is 23.7 Å². The van der Waals surface area contributed by atoms with Crippen LogP contribution in [0.1, 0.15) is 24.3 Å². The molecule has 1 fully saturated rings. The fourth-order valence-electron chi connectivity index (χ4n) is 2.97. The minimum absolute atomic E-state index is 0.0155. The molecule has 0 unspecified atom stereocenters. The summed E-state index contributed by atoms with van der Waals surface area (Å²) in [5.41, 5.74) is 1.59. The smallest absolute Gasteiger partial charge is 0.417 e. The van der Waals surface area contributed by atoms with Crippen LogP contribution in [0.4, 0.5) is 16.3 Å². The molecule has 0 radical (unpaired) electrons. The van der Waals surface area contributed by atoms with Crippen molar-refractivity contribution in [3.63, 3.8) is 0 Å². The van der Waals surface area contributed by atoms with Gasteiger partial charge in [0.2, 0.25) is 0 Å². The minimum atomic E-state index is -3.50.